The Morgan fingerprint density at radius 3 is 2.50 bits per heavy atom. The minimum Gasteiger partial charge on any atom is -0.491 e. The summed E-state index contributed by atoms with van der Waals surface area (Å²) in [6, 6.07) is 10.4. The quantitative estimate of drug-likeness (QED) is 0.462. The molecule has 1 aromatic heterocycles. The molecule has 0 fully saturated rings. The molecule has 0 spiro atoms. The molecule has 158 valence electrons. The molecular weight excluding hydrogens is 408 g/mol. The molecule has 0 atom stereocenters. The van der Waals surface area contributed by atoms with Gasteiger partial charge in [0.2, 0.25) is 0 Å². The number of methoxy groups -OCH3 is 1. The minimum absolute atomic E-state index is 0.216. The van der Waals surface area contributed by atoms with E-state index in [1.807, 2.05) is 0 Å². The van der Waals surface area contributed by atoms with Crippen LogP contribution in [-0.2, 0) is 10.9 Å². The number of aromatic nitrogens is 3. The van der Waals surface area contributed by atoms with E-state index in [0.29, 0.717) is 23.6 Å². The maximum absolute atomic E-state index is 13.6. The predicted octanol–water partition coefficient (Wildman–Crippen LogP) is 3.70. The van der Waals surface area contributed by atoms with E-state index in [9.17, 15) is 22.4 Å². The van der Waals surface area contributed by atoms with Crippen LogP contribution in [0.1, 0.15) is 16.2 Å². The summed E-state index contributed by atoms with van der Waals surface area (Å²) in [5, 5.41) is 9.10. The highest BCUT2D eigenvalue weighted by atomic mass is 19.4. The van der Waals surface area contributed by atoms with Gasteiger partial charge in [0.05, 0.1) is 12.3 Å². The van der Waals surface area contributed by atoms with Gasteiger partial charge in [0.25, 0.3) is 5.91 Å². The van der Waals surface area contributed by atoms with Gasteiger partial charge in [-0.25, -0.2) is 9.07 Å². The van der Waals surface area contributed by atoms with Crippen molar-refractivity contribution in [3.8, 4) is 11.4 Å². The summed E-state index contributed by atoms with van der Waals surface area (Å²) in [4.78, 5) is 12.4. The number of carbonyl (C=O) groups is 1. The Labute approximate surface area is 168 Å². The number of nitrogens with zero attached hydrogens (tertiary/aromatic N) is 3. The average Bonchev–Trinajstić information content (AvgIpc) is 3.15. The third-order valence-electron chi connectivity index (χ3n) is 3.87. The van der Waals surface area contributed by atoms with Crippen molar-refractivity contribution in [2.75, 3.05) is 25.6 Å². The van der Waals surface area contributed by atoms with Gasteiger partial charge in [-0.05, 0) is 42.5 Å². The van der Waals surface area contributed by atoms with Crippen molar-refractivity contribution in [1.29, 1.82) is 0 Å². The Balaban J connectivity index is 1.84. The van der Waals surface area contributed by atoms with E-state index in [4.69, 9.17) is 9.47 Å². The lowest BCUT2D eigenvalue weighted by molar-refractivity contribution is -0.143. The number of anilines is 1. The second kappa shape index (κ2) is 8.91. The van der Waals surface area contributed by atoms with Gasteiger partial charge in [-0.15, -0.1) is 5.10 Å². The van der Waals surface area contributed by atoms with Crippen molar-refractivity contribution < 1.29 is 31.8 Å². The highest BCUT2D eigenvalue weighted by Gasteiger charge is 2.42. The molecule has 11 heteroatoms. The minimum atomic E-state index is -4.96. The fourth-order valence-corrected chi connectivity index (χ4v) is 2.55. The number of benzene rings is 2. The zero-order valence-corrected chi connectivity index (χ0v) is 15.6. The Bertz CT molecular complexity index is 1020. The molecule has 3 aromatic rings. The molecule has 30 heavy (non-hydrogen) atoms. The highest BCUT2D eigenvalue weighted by Crippen LogP contribution is 2.33. The first-order valence-electron chi connectivity index (χ1n) is 8.61. The zero-order chi connectivity index (χ0) is 21.7. The topological polar surface area (TPSA) is 78.3 Å². The van der Waals surface area contributed by atoms with Crippen LogP contribution >= 0.6 is 0 Å². The van der Waals surface area contributed by atoms with Gasteiger partial charge in [-0.2, -0.15) is 13.2 Å². The summed E-state index contributed by atoms with van der Waals surface area (Å²) >= 11 is 0. The number of alkyl halides is 3. The largest absolute Gasteiger partial charge is 0.491 e. The lowest BCUT2D eigenvalue weighted by Crippen LogP contribution is -2.21. The Kier molecular flexibility index (Phi) is 6.31. The molecule has 0 unspecified atom stereocenters. The number of carbonyl (C=O) groups excluding carboxylic acids is 1. The first kappa shape index (κ1) is 21.2. The van der Waals surface area contributed by atoms with Gasteiger partial charge in [0.1, 0.15) is 18.2 Å². The maximum Gasteiger partial charge on any atom is 0.435 e. The van der Waals surface area contributed by atoms with Gasteiger partial charge < -0.3 is 14.8 Å². The molecule has 2 aromatic carbocycles. The lowest BCUT2D eigenvalue weighted by Gasteiger charge is -2.11. The van der Waals surface area contributed by atoms with Gasteiger partial charge in [0.15, 0.2) is 11.4 Å². The van der Waals surface area contributed by atoms with E-state index in [1.165, 1.54) is 31.4 Å². The van der Waals surface area contributed by atoms with Crippen LogP contribution < -0.4 is 10.1 Å². The number of hydrogen-bond donors (Lipinski definition) is 1. The molecule has 7 nitrogen and oxygen atoms in total. The maximum atomic E-state index is 13.6. The molecule has 1 heterocycles. The van der Waals surface area contributed by atoms with Crippen LogP contribution in [0.15, 0.2) is 48.5 Å². The number of halogens is 4. The molecule has 0 radical (unpaired) electrons. The Hall–Kier alpha value is -3.47. The summed E-state index contributed by atoms with van der Waals surface area (Å²) in [6.07, 6.45) is -4.96. The monoisotopic (exact) mass is 424 g/mol. The Morgan fingerprint density at radius 2 is 1.87 bits per heavy atom. The van der Waals surface area contributed by atoms with E-state index >= 15 is 0 Å². The van der Waals surface area contributed by atoms with Crippen LogP contribution in [0, 0.1) is 5.82 Å². The summed E-state index contributed by atoms with van der Waals surface area (Å²) in [6.45, 7) is 0.708. The second-order valence-corrected chi connectivity index (χ2v) is 6.00. The van der Waals surface area contributed by atoms with Gasteiger partial charge in [0, 0.05) is 12.8 Å². The fourth-order valence-electron chi connectivity index (χ4n) is 2.55. The summed E-state index contributed by atoms with van der Waals surface area (Å²) in [7, 11) is 1.53. The smallest absolute Gasteiger partial charge is 0.435 e. The van der Waals surface area contributed by atoms with Gasteiger partial charge in [-0.1, -0.05) is 11.3 Å². The van der Waals surface area contributed by atoms with Crippen molar-refractivity contribution in [1.82, 2.24) is 15.0 Å². The highest BCUT2D eigenvalue weighted by molar-refractivity contribution is 6.03. The van der Waals surface area contributed by atoms with Gasteiger partial charge in [-0.3, -0.25) is 4.79 Å². The first-order valence-corrected chi connectivity index (χ1v) is 8.61. The molecular formula is C19H16F4N4O3. The van der Waals surface area contributed by atoms with Crippen LogP contribution in [0.25, 0.3) is 5.69 Å². The van der Waals surface area contributed by atoms with E-state index < -0.39 is 29.3 Å². The van der Waals surface area contributed by atoms with Crippen LogP contribution in [0.2, 0.25) is 0 Å². The SMILES string of the molecule is COCCOc1ccc(NC(=O)c2nnn(-c3cccc(F)c3)c2C(F)(F)F)cc1. The number of hydrogen-bond acceptors (Lipinski definition) is 5. The van der Waals surface area contributed by atoms with Crippen molar-refractivity contribution in [3.05, 3.63) is 65.7 Å². The summed E-state index contributed by atoms with van der Waals surface area (Å²) < 4.78 is 64.9. The number of amides is 1. The van der Waals surface area contributed by atoms with Crippen molar-refractivity contribution in [2.24, 2.45) is 0 Å². The van der Waals surface area contributed by atoms with E-state index in [2.05, 4.69) is 15.6 Å². The molecule has 0 aliphatic heterocycles. The Morgan fingerprint density at radius 1 is 1.13 bits per heavy atom. The molecule has 0 saturated carbocycles. The zero-order valence-electron chi connectivity index (χ0n) is 15.6. The standard InChI is InChI=1S/C19H16F4N4O3/c1-29-9-10-30-15-7-5-13(6-8-15)24-18(28)16-17(19(21,22)23)27(26-25-16)14-4-2-3-12(20)11-14/h2-8,11H,9-10H2,1H3,(H,24,28). The van der Waals surface area contributed by atoms with Crippen LogP contribution in [-0.4, -0.2) is 41.2 Å². The van der Waals surface area contributed by atoms with Crippen molar-refractivity contribution >= 4 is 11.6 Å². The molecule has 3 rings (SSSR count). The molecule has 0 saturated heterocycles. The van der Waals surface area contributed by atoms with E-state index in [-0.39, 0.29) is 11.4 Å². The number of ether oxygens (including phenoxy) is 2. The predicted molar refractivity (Wildman–Crippen MR) is 98.1 cm³/mol. The molecule has 0 aliphatic rings. The van der Waals surface area contributed by atoms with E-state index in [0.717, 1.165) is 12.1 Å². The third-order valence-corrected chi connectivity index (χ3v) is 3.87. The normalized spacial score (nSPS) is 11.4. The van der Waals surface area contributed by atoms with Gasteiger partial charge >= 0.3 is 6.18 Å². The average molecular weight is 424 g/mol. The molecule has 1 amide bonds. The second-order valence-electron chi connectivity index (χ2n) is 6.00. The van der Waals surface area contributed by atoms with Crippen LogP contribution in [0.3, 0.4) is 0 Å². The number of rotatable bonds is 7. The first-order chi connectivity index (χ1) is 14.3. The summed E-state index contributed by atoms with van der Waals surface area (Å²) in [5.74, 6) is -1.37. The lowest BCUT2D eigenvalue weighted by atomic mass is 10.2. The van der Waals surface area contributed by atoms with E-state index in [1.54, 1.807) is 12.1 Å². The van der Waals surface area contributed by atoms with Crippen LogP contribution in [0.4, 0.5) is 23.2 Å². The molecule has 0 aliphatic carbocycles. The van der Waals surface area contributed by atoms with Crippen molar-refractivity contribution in [3.63, 3.8) is 0 Å². The third kappa shape index (κ3) is 4.92. The number of nitrogens with one attached hydrogen (secondary N) is 1. The summed E-state index contributed by atoms with van der Waals surface area (Å²) in [5.41, 5.74) is -2.34. The van der Waals surface area contributed by atoms with Crippen LogP contribution in [0.5, 0.6) is 5.75 Å². The fraction of sp³-hybridized carbons (Fsp3) is 0.211. The van der Waals surface area contributed by atoms with Crippen molar-refractivity contribution in [2.45, 2.75) is 6.18 Å². The molecule has 1 N–H and O–H groups in total. The molecule has 0 bridgehead atoms.